The second-order valence-electron chi connectivity index (χ2n) is 6.24. The summed E-state index contributed by atoms with van der Waals surface area (Å²) in [5.74, 6) is 0. The number of hydrogen-bond acceptors (Lipinski definition) is 4. The van der Waals surface area contributed by atoms with Crippen LogP contribution >= 0.6 is 0 Å². The van der Waals surface area contributed by atoms with Gasteiger partial charge in [-0.2, -0.15) is 0 Å². The third-order valence-corrected chi connectivity index (χ3v) is 3.17. The van der Waals surface area contributed by atoms with E-state index < -0.39 is 5.60 Å². The molecule has 5 nitrogen and oxygen atoms in total. The smallest absolute Gasteiger partial charge is 0.407 e. The van der Waals surface area contributed by atoms with E-state index in [1.807, 2.05) is 20.8 Å². The average molecular weight is 272 g/mol. The van der Waals surface area contributed by atoms with Crippen LogP contribution in [0.25, 0.3) is 0 Å². The van der Waals surface area contributed by atoms with Gasteiger partial charge in [-0.1, -0.05) is 0 Å². The largest absolute Gasteiger partial charge is 0.444 e. The lowest BCUT2D eigenvalue weighted by Gasteiger charge is -2.21. The SMILES string of the molecule is CC(C)(C)OC(=O)NC1CCC(NCCCCO)C1. The Morgan fingerprint density at radius 3 is 2.58 bits per heavy atom. The Bertz CT molecular complexity index is 276. The zero-order valence-corrected chi connectivity index (χ0v) is 12.4. The number of unbranched alkanes of at least 4 members (excludes halogenated alkanes) is 1. The van der Waals surface area contributed by atoms with Gasteiger partial charge in [-0.05, 0) is 59.4 Å². The number of aliphatic hydroxyl groups is 1. The number of nitrogens with one attached hydrogen (secondary N) is 2. The molecule has 0 aliphatic heterocycles. The van der Waals surface area contributed by atoms with E-state index in [0.717, 1.165) is 38.6 Å². The van der Waals surface area contributed by atoms with Crippen LogP contribution in [-0.4, -0.2) is 42.0 Å². The molecule has 1 rings (SSSR count). The van der Waals surface area contributed by atoms with Crippen molar-refractivity contribution in [2.24, 2.45) is 0 Å². The average Bonchev–Trinajstić information content (AvgIpc) is 2.69. The summed E-state index contributed by atoms with van der Waals surface area (Å²) in [6, 6.07) is 0.684. The number of aliphatic hydroxyl groups excluding tert-OH is 1. The third kappa shape index (κ3) is 7.38. The van der Waals surface area contributed by atoms with E-state index in [4.69, 9.17) is 9.84 Å². The fraction of sp³-hybridized carbons (Fsp3) is 0.929. The molecule has 0 aromatic heterocycles. The highest BCUT2D eigenvalue weighted by molar-refractivity contribution is 5.68. The van der Waals surface area contributed by atoms with E-state index in [2.05, 4.69) is 10.6 Å². The van der Waals surface area contributed by atoms with Gasteiger partial charge in [-0.25, -0.2) is 4.79 Å². The van der Waals surface area contributed by atoms with Crippen molar-refractivity contribution in [2.75, 3.05) is 13.2 Å². The molecule has 0 radical (unpaired) electrons. The molecule has 2 atom stereocenters. The summed E-state index contributed by atoms with van der Waals surface area (Å²) >= 11 is 0. The maximum Gasteiger partial charge on any atom is 0.407 e. The molecule has 112 valence electrons. The second-order valence-corrected chi connectivity index (χ2v) is 6.24. The molecular formula is C14H28N2O3. The van der Waals surface area contributed by atoms with Crippen LogP contribution in [-0.2, 0) is 4.74 Å². The monoisotopic (exact) mass is 272 g/mol. The first-order valence-electron chi connectivity index (χ1n) is 7.24. The molecule has 0 bridgehead atoms. The lowest BCUT2D eigenvalue weighted by molar-refractivity contribution is 0.0505. The number of carbonyl (C=O) groups is 1. The molecule has 1 aliphatic carbocycles. The van der Waals surface area contributed by atoms with E-state index in [0.29, 0.717) is 6.04 Å². The second kappa shape index (κ2) is 7.70. The van der Waals surface area contributed by atoms with Gasteiger partial charge < -0.3 is 20.5 Å². The maximum atomic E-state index is 11.6. The van der Waals surface area contributed by atoms with Crippen LogP contribution < -0.4 is 10.6 Å². The molecule has 0 spiro atoms. The van der Waals surface area contributed by atoms with Crippen LogP contribution in [0.4, 0.5) is 4.79 Å². The molecule has 5 heteroatoms. The van der Waals surface area contributed by atoms with Crippen molar-refractivity contribution >= 4 is 6.09 Å². The molecule has 3 N–H and O–H groups in total. The van der Waals surface area contributed by atoms with Crippen LogP contribution in [0.1, 0.15) is 52.9 Å². The quantitative estimate of drug-likeness (QED) is 0.645. The summed E-state index contributed by atoms with van der Waals surface area (Å²) in [6.45, 7) is 6.80. The minimum absolute atomic E-state index is 0.213. The Balaban J connectivity index is 2.16. The van der Waals surface area contributed by atoms with Crippen molar-refractivity contribution in [2.45, 2.75) is 70.6 Å². The van der Waals surface area contributed by atoms with Gasteiger partial charge in [0, 0.05) is 18.7 Å². The molecule has 1 saturated carbocycles. The van der Waals surface area contributed by atoms with Crippen LogP contribution in [0.2, 0.25) is 0 Å². The summed E-state index contributed by atoms with van der Waals surface area (Å²) in [5.41, 5.74) is -0.440. The van der Waals surface area contributed by atoms with E-state index in [-0.39, 0.29) is 18.7 Å². The predicted molar refractivity (Wildman–Crippen MR) is 75.1 cm³/mol. The van der Waals surface area contributed by atoms with Crippen molar-refractivity contribution in [1.29, 1.82) is 0 Å². The minimum Gasteiger partial charge on any atom is -0.444 e. The van der Waals surface area contributed by atoms with Crippen molar-refractivity contribution < 1.29 is 14.6 Å². The lowest BCUT2D eigenvalue weighted by Crippen LogP contribution is -2.39. The van der Waals surface area contributed by atoms with Crippen molar-refractivity contribution in [3.8, 4) is 0 Å². The maximum absolute atomic E-state index is 11.6. The van der Waals surface area contributed by atoms with E-state index >= 15 is 0 Å². The standard InChI is InChI=1S/C14H28N2O3/c1-14(2,3)19-13(18)16-12-7-6-11(10-12)15-8-4-5-9-17/h11-12,15,17H,4-10H2,1-3H3,(H,16,18). The Kier molecular flexibility index (Phi) is 6.58. The van der Waals surface area contributed by atoms with E-state index in [1.165, 1.54) is 0 Å². The summed E-state index contributed by atoms with van der Waals surface area (Å²) < 4.78 is 5.25. The van der Waals surface area contributed by atoms with E-state index in [1.54, 1.807) is 0 Å². The van der Waals surface area contributed by atoms with Crippen LogP contribution in [0.5, 0.6) is 0 Å². The Hall–Kier alpha value is -0.810. The highest BCUT2D eigenvalue weighted by Crippen LogP contribution is 2.19. The van der Waals surface area contributed by atoms with Gasteiger partial charge >= 0.3 is 6.09 Å². The number of rotatable bonds is 6. The third-order valence-electron chi connectivity index (χ3n) is 3.17. The number of alkyl carbamates (subject to hydrolysis) is 1. The zero-order chi connectivity index (χ0) is 14.3. The highest BCUT2D eigenvalue weighted by atomic mass is 16.6. The predicted octanol–water partition coefficient (Wildman–Crippen LogP) is 1.79. The van der Waals surface area contributed by atoms with Crippen molar-refractivity contribution in [1.82, 2.24) is 10.6 Å². The Morgan fingerprint density at radius 1 is 1.26 bits per heavy atom. The first-order chi connectivity index (χ1) is 8.90. The van der Waals surface area contributed by atoms with Gasteiger partial charge in [0.2, 0.25) is 0 Å². The zero-order valence-electron chi connectivity index (χ0n) is 12.4. The molecule has 1 aliphatic rings. The van der Waals surface area contributed by atoms with Gasteiger partial charge in [-0.15, -0.1) is 0 Å². The molecular weight excluding hydrogens is 244 g/mol. The normalized spacial score (nSPS) is 23.4. The van der Waals surface area contributed by atoms with Gasteiger partial charge in [-0.3, -0.25) is 0 Å². The summed E-state index contributed by atoms with van der Waals surface area (Å²) in [6.07, 6.45) is 4.56. The molecule has 1 amide bonds. The minimum atomic E-state index is -0.440. The van der Waals surface area contributed by atoms with Crippen LogP contribution in [0.15, 0.2) is 0 Å². The number of carbonyl (C=O) groups excluding carboxylic acids is 1. The molecule has 1 fully saturated rings. The Morgan fingerprint density at radius 2 is 1.95 bits per heavy atom. The highest BCUT2D eigenvalue weighted by Gasteiger charge is 2.27. The molecule has 0 heterocycles. The molecule has 19 heavy (non-hydrogen) atoms. The van der Waals surface area contributed by atoms with Crippen molar-refractivity contribution in [3.05, 3.63) is 0 Å². The van der Waals surface area contributed by atoms with E-state index in [9.17, 15) is 4.79 Å². The fourth-order valence-electron chi connectivity index (χ4n) is 2.32. The topological polar surface area (TPSA) is 70.6 Å². The summed E-state index contributed by atoms with van der Waals surface area (Å²) in [4.78, 5) is 11.6. The van der Waals surface area contributed by atoms with Crippen molar-refractivity contribution in [3.63, 3.8) is 0 Å². The van der Waals surface area contributed by atoms with Gasteiger partial charge in [0.25, 0.3) is 0 Å². The van der Waals surface area contributed by atoms with Gasteiger partial charge in [0.05, 0.1) is 0 Å². The fourth-order valence-corrected chi connectivity index (χ4v) is 2.32. The number of amides is 1. The summed E-state index contributed by atoms with van der Waals surface area (Å²) in [7, 11) is 0. The number of hydrogen-bond donors (Lipinski definition) is 3. The van der Waals surface area contributed by atoms with Gasteiger partial charge in [0.15, 0.2) is 0 Å². The first kappa shape index (κ1) is 16.2. The number of ether oxygens (including phenoxy) is 1. The first-order valence-corrected chi connectivity index (χ1v) is 7.24. The van der Waals surface area contributed by atoms with Crippen LogP contribution in [0, 0.1) is 0 Å². The molecule has 0 saturated heterocycles. The molecule has 0 aromatic rings. The molecule has 2 unspecified atom stereocenters. The van der Waals surface area contributed by atoms with Crippen LogP contribution in [0.3, 0.4) is 0 Å². The van der Waals surface area contributed by atoms with Gasteiger partial charge in [0.1, 0.15) is 5.60 Å². The summed E-state index contributed by atoms with van der Waals surface area (Å²) in [5, 5.41) is 15.1. The Labute approximate surface area is 116 Å². The molecule has 0 aromatic carbocycles. The lowest BCUT2D eigenvalue weighted by atomic mass is 10.2.